The molecular weight excluding hydrogens is 162 g/mol. The van der Waals surface area contributed by atoms with E-state index < -0.39 is 0 Å². The fourth-order valence-corrected chi connectivity index (χ4v) is 1.30. The zero-order valence-electron chi connectivity index (χ0n) is 8.63. The van der Waals surface area contributed by atoms with E-state index >= 15 is 0 Å². The van der Waals surface area contributed by atoms with Gasteiger partial charge in [0, 0.05) is 23.4 Å². The van der Waals surface area contributed by atoms with E-state index in [1.165, 1.54) is 12.8 Å². The first kappa shape index (κ1) is 10.0. The lowest BCUT2D eigenvalue weighted by Gasteiger charge is -2.08. The quantitative estimate of drug-likeness (QED) is 0.369. The highest BCUT2D eigenvalue weighted by Gasteiger charge is 2.27. The summed E-state index contributed by atoms with van der Waals surface area (Å²) in [6.45, 7) is 7.79. The molecule has 0 aromatic rings. The minimum absolute atomic E-state index is 0.642. The lowest BCUT2D eigenvalue weighted by atomic mass is 10.1. The maximum Gasteiger partial charge on any atom is 0.116 e. The van der Waals surface area contributed by atoms with Gasteiger partial charge in [0.05, 0.1) is 7.11 Å². The van der Waals surface area contributed by atoms with Crippen LogP contribution < -0.4 is 0 Å². The number of methoxy groups -OCH3 is 1. The van der Waals surface area contributed by atoms with Gasteiger partial charge < -0.3 is 4.74 Å². The molecule has 0 aromatic heterocycles. The second-order valence-corrected chi connectivity index (χ2v) is 3.30. The van der Waals surface area contributed by atoms with Crippen molar-refractivity contribution in [2.45, 2.75) is 26.7 Å². The van der Waals surface area contributed by atoms with Crippen LogP contribution in [0.15, 0.2) is 28.6 Å². The Morgan fingerprint density at radius 3 is 2.54 bits per heavy atom. The third-order valence-corrected chi connectivity index (χ3v) is 2.28. The second kappa shape index (κ2) is 4.26. The number of ether oxygens (including phenoxy) is 1. The van der Waals surface area contributed by atoms with Gasteiger partial charge in [-0.2, -0.15) is 0 Å². The van der Waals surface area contributed by atoms with Crippen molar-refractivity contribution in [1.29, 1.82) is 0 Å². The van der Waals surface area contributed by atoms with Gasteiger partial charge in [0.25, 0.3) is 0 Å². The molecule has 1 fully saturated rings. The van der Waals surface area contributed by atoms with Crippen LogP contribution in [0.5, 0.6) is 0 Å². The van der Waals surface area contributed by atoms with Gasteiger partial charge in [-0.3, -0.25) is 4.99 Å². The summed E-state index contributed by atoms with van der Waals surface area (Å²) in [4.78, 5) is 4.37. The summed E-state index contributed by atoms with van der Waals surface area (Å²) in [5.41, 5.74) is 2.23. The Morgan fingerprint density at radius 2 is 2.15 bits per heavy atom. The standard InChI is InChI=1S/C11H17NO/c1-5-12-11(10-6-7-10)8(2)9(3)13-4/h5,10H,3,6-7H2,1-2,4H3/b11-8-,12-5?. The molecule has 1 aliphatic carbocycles. The first-order valence-electron chi connectivity index (χ1n) is 4.63. The van der Waals surface area contributed by atoms with Gasteiger partial charge in [0.15, 0.2) is 0 Å². The molecule has 0 aliphatic heterocycles. The predicted octanol–water partition coefficient (Wildman–Crippen LogP) is 2.92. The summed E-state index contributed by atoms with van der Waals surface area (Å²) in [6, 6.07) is 0. The zero-order valence-corrected chi connectivity index (χ0v) is 8.63. The van der Waals surface area contributed by atoms with E-state index in [4.69, 9.17) is 4.74 Å². The van der Waals surface area contributed by atoms with Crippen molar-refractivity contribution in [3.8, 4) is 0 Å². The molecule has 1 aliphatic rings. The number of hydrogen-bond acceptors (Lipinski definition) is 2. The van der Waals surface area contributed by atoms with Crippen LogP contribution in [0, 0.1) is 5.92 Å². The molecular formula is C11H17NO. The van der Waals surface area contributed by atoms with Crippen LogP contribution in [0.25, 0.3) is 0 Å². The molecule has 0 saturated heterocycles. The third-order valence-electron chi connectivity index (χ3n) is 2.28. The average Bonchev–Trinajstić information content (AvgIpc) is 2.95. The molecule has 2 nitrogen and oxygen atoms in total. The minimum Gasteiger partial charge on any atom is -0.497 e. The van der Waals surface area contributed by atoms with Crippen LogP contribution in [0.1, 0.15) is 26.7 Å². The maximum atomic E-state index is 5.09. The third kappa shape index (κ3) is 2.44. The molecule has 0 atom stereocenters. The number of rotatable bonds is 4. The molecule has 0 bridgehead atoms. The van der Waals surface area contributed by atoms with E-state index in [2.05, 4.69) is 11.6 Å². The van der Waals surface area contributed by atoms with Crippen LogP contribution in [0.3, 0.4) is 0 Å². The number of nitrogens with zero attached hydrogens (tertiary/aromatic N) is 1. The van der Waals surface area contributed by atoms with Gasteiger partial charge in [-0.25, -0.2) is 0 Å². The number of hydrogen-bond donors (Lipinski definition) is 0. The molecule has 13 heavy (non-hydrogen) atoms. The van der Waals surface area contributed by atoms with Crippen LogP contribution in [-0.2, 0) is 4.74 Å². The summed E-state index contributed by atoms with van der Waals surface area (Å²) >= 11 is 0. The highest BCUT2D eigenvalue weighted by Crippen LogP contribution is 2.39. The van der Waals surface area contributed by atoms with Crippen molar-refractivity contribution in [3.63, 3.8) is 0 Å². The molecule has 0 N–H and O–H groups in total. The van der Waals surface area contributed by atoms with Gasteiger partial charge >= 0.3 is 0 Å². The Bertz CT molecular complexity index is 259. The molecule has 72 valence electrons. The lowest BCUT2D eigenvalue weighted by Crippen LogP contribution is -1.94. The Kier molecular flexibility index (Phi) is 3.29. The highest BCUT2D eigenvalue weighted by molar-refractivity contribution is 5.56. The lowest BCUT2D eigenvalue weighted by molar-refractivity contribution is 0.301. The average molecular weight is 179 g/mol. The van der Waals surface area contributed by atoms with E-state index in [1.54, 1.807) is 7.11 Å². The van der Waals surface area contributed by atoms with Gasteiger partial charge in [0.2, 0.25) is 0 Å². The second-order valence-electron chi connectivity index (χ2n) is 3.30. The van der Waals surface area contributed by atoms with Gasteiger partial charge in [-0.15, -0.1) is 0 Å². The Morgan fingerprint density at radius 1 is 1.54 bits per heavy atom. The Balaban J connectivity index is 2.86. The number of aliphatic imine (C=N–C) groups is 1. The smallest absolute Gasteiger partial charge is 0.116 e. The molecule has 0 spiro atoms. The molecule has 2 heteroatoms. The topological polar surface area (TPSA) is 21.6 Å². The fourth-order valence-electron chi connectivity index (χ4n) is 1.30. The number of allylic oxidation sites excluding steroid dienone is 2. The summed E-state index contributed by atoms with van der Waals surface area (Å²) in [7, 11) is 1.64. The summed E-state index contributed by atoms with van der Waals surface area (Å²) in [6.07, 6.45) is 4.34. The van der Waals surface area contributed by atoms with E-state index in [-0.39, 0.29) is 0 Å². The molecule has 0 aromatic carbocycles. The molecule has 0 heterocycles. The highest BCUT2D eigenvalue weighted by atomic mass is 16.5. The van der Waals surface area contributed by atoms with Gasteiger partial charge in [-0.05, 0) is 26.7 Å². The molecule has 0 amide bonds. The van der Waals surface area contributed by atoms with Crippen molar-refractivity contribution >= 4 is 6.21 Å². The van der Waals surface area contributed by atoms with Crippen LogP contribution in [0.4, 0.5) is 0 Å². The van der Waals surface area contributed by atoms with E-state index in [0.29, 0.717) is 5.92 Å². The molecule has 1 rings (SSSR count). The Hall–Kier alpha value is -1.05. The van der Waals surface area contributed by atoms with E-state index in [0.717, 1.165) is 17.0 Å². The zero-order chi connectivity index (χ0) is 9.84. The summed E-state index contributed by atoms with van der Waals surface area (Å²) in [5, 5.41) is 0. The van der Waals surface area contributed by atoms with Crippen LogP contribution >= 0.6 is 0 Å². The van der Waals surface area contributed by atoms with Crippen molar-refractivity contribution < 1.29 is 4.74 Å². The van der Waals surface area contributed by atoms with Crippen molar-refractivity contribution in [3.05, 3.63) is 23.6 Å². The maximum absolute atomic E-state index is 5.09. The Labute approximate surface area is 80.0 Å². The van der Waals surface area contributed by atoms with Crippen LogP contribution in [0.2, 0.25) is 0 Å². The van der Waals surface area contributed by atoms with Crippen molar-refractivity contribution in [2.75, 3.05) is 7.11 Å². The minimum atomic E-state index is 0.642. The fraction of sp³-hybridized carbons (Fsp3) is 0.545. The molecule has 0 radical (unpaired) electrons. The van der Waals surface area contributed by atoms with Crippen molar-refractivity contribution in [1.82, 2.24) is 0 Å². The van der Waals surface area contributed by atoms with Gasteiger partial charge in [0.1, 0.15) is 5.76 Å². The SMILES string of the molecule is C=C(OC)/C(C)=C(\N=CC)C1CC1. The van der Waals surface area contributed by atoms with Crippen molar-refractivity contribution in [2.24, 2.45) is 10.9 Å². The largest absolute Gasteiger partial charge is 0.497 e. The monoisotopic (exact) mass is 179 g/mol. The first-order chi connectivity index (χ1) is 6.20. The molecule has 1 saturated carbocycles. The van der Waals surface area contributed by atoms with E-state index in [1.807, 2.05) is 20.1 Å². The summed E-state index contributed by atoms with van der Waals surface area (Å²) in [5.74, 6) is 1.37. The predicted molar refractivity (Wildman–Crippen MR) is 55.7 cm³/mol. The molecule has 0 unspecified atom stereocenters. The first-order valence-corrected chi connectivity index (χ1v) is 4.63. The summed E-state index contributed by atoms with van der Waals surface area (Å²) < 4.78 is 5.09. The van der Waals surface area contributed by atoms with Crippen LogP contribution in [-0.4, -0.2) is 13.3 Å². The normalized spacial score (nSPS) is 18.7. The van der Waals surface area contributed by atoms with E-state index in [9.17, 15) is 0 Å². The van der Waals surface area contributed by atoms with Gasteiger partial charge in [-0.1, -0.05) is 6.58 Å².